The van der Waals surface area contributed by atoms with Crippen LogP contribution in [-0.4, -0.2) is 60.1 Å². The van der Waals surface area contributed by atoms with Crippen LogP contribution in [0.4, 0.5) is 0 Å². The molecule has 0 aromatic heterocycles. The summed E-state index contributed by atoms with van der Waals surface area (Å²) in [7, 11) is 0. The molecule has 4 rings (SSSR count). The molecule has 0 unspecified atom stereocenters. The molecular formula is C25H46N6O2. The van der Waals surface area contributed by atoms with E-state index in [-0.39, 0.29) is 35.7 Å². The van der Waals surface area contributed by atoms with Crippen LogP contribution in [0.5, 0.6) is 0 Å². The maximum absolute atomic E-state index is 12.7. The van der Waals surface area contributed by atoms with Crippen LogP contribution < -0.4 is 22.3 Å². The molecule has 188 valence electrons. The molecule has 0 aromatic rings. The van der Waals surface area contributed by atoms with Crippen LogP contribution >= 0.6 is 0 Å². The SMILES string of the molecule is NC1CCN(NC(=O)C2CCC(CC3CCC(C(=O)NN4CCC(N)CC4)CC3)CC2)CC1. The van der Waals surface area contributed by atoms with Crippen LogP contribution in [0.25, 0.3) is 0 Å². The quantitative estimate of drug-likeness (QED) is 0.479. The minimum atomic E-state index is 0.167. The van der Waals surface area contributed by atoms with Gasteiger partial charge in [0.05, 0.1) is 0 Å². The third-order valence-electron chi connectivity index (χ3n) is 8.72. The summed E-state index contributed by atoms with van der Waals surface area (Å²) in [5.74, 6) is 2.25. The summed E-state index contributed by atoms with van der Waals surface area (Å²) in [6.07, 6.45) is 13.9. The summed E-state index contributed by atoms with van der Waals surface area (Å²) >= 11 is 0. The summed E-state index contributed by atoms with van der Waals surface area (Å²) in [6, 6.07) is 0.569. The van der Waals surface area contributed by atoms with Crippen LogP contribution in [0.1, 0.15) is 83.5 Å². The largest absolute Gasteiger partial charge is 0.328 e. The van der Waals surface area contributed by atoms with Gasteiger partial charge in [0, 0.05) is 50.1 Å². The Morgan fingerprint density at radius 2 is 0.909 bits per heavy atom. The molecule has 8 heteroatoms. The first-order valence-corrected chi connectivity index (χ1v) is 13.6. The molecule has 4 fully saturated rings. The van der Waals surface area contributed by atoms with Crippen molar-refractivity contribution in [2.24, 2.45) is 35.1 Å². The Labute approximate surface area is 199 Å². The average Bonchev–Trinajstić information content (AvgIpc) is 2.83. The maximum atomic E-state index is 12.7. The number of amides is 2. The number of nitrogens with two attached hydrogens (primary N) is 2. The number of carbonyl (C=O) groups is 2. The molecule has 0 atom stereocenters. The Hall–Kier alpha value is -1.22. The van der Waals surface area contributed by atoms with E-state index < -0.39 is 0 Å². The topological polar surface area (TPSA) is 117 Å². The van der Waals surface area contributed by atoms with Crippen molar-refractivity contribution in [1.82, 2.24) is 20.9 Å². The lowest BCUT2D eigenvalue weighted by atomic mass is 9.73. The van der Waals surface area contributed by atoms with E-state index in [9.17, 15) is 9.59 Å². The highest BCUT2D eigenvalue weighted by Crippen LogP contribution is 2.38. The monoisotopic (exact) mass is 462 g/mol. The Balaban J connectivity index is 1.10. The van der Waals surface area contributed by atoms with E-state index in [1.807, 2.05) is 0 Å². The molecule has 6 N–H and O–H groups in total. The predicted octanol–water partition coefficient (Wildman–Crippen LogP) is 1.90. The van der Waals surface area contributed by atoms with Crippen LogP contribution in [0.15, 0.2) is 0 Å². The fourth-order valence-electron chi connectivity index (χ4n) is 6.31. The van der Waals surface area contributed by atoms with E-state index in [2.05, 4.69) is 20.9 Å². The molecule has 0 radical (unpaired) electrons. The first-order valence-electron chi connectivity index (χ1n) is 13.6. The number of hydrazine groups is 2. The van der Waals surface area contributed by atoms with Gasteiger partial charge < -0.3 is 11.5 Å². The van der Waals surface area contributed by atoms with Crippen molar-refractivity contribution in [1.29, 1.82) is 0 Å². The number of piperidine rings is 2. The van der Waals surface area contributed by atoms with E-state index in [0.717, 1.165) is 89.4 Å². The van der Waals surface area contributed by atoms with Crippen molar-refractivity contribution >= 4 is 11.8 Å². The van der Waals surface area contributed by atoms with Gasteiger partial charge in [-0.15, -0.1) is 0 Å². The lowest BCUT2D eigenvalue weighted by Crippen LogP contribution is -2.51. The smallest absolute Gasteiger partial charge is 0.237 e. The van der Waals surface area contributed by atoms with Gasteiger partial charge in [0.1, 0.15) is 0 Å². The minimum absolute atomic E-state index is 0.167. The predicted molar refractivity (Wildman–Crippen MR) is 129 cm³/mol. The minimum Gasteiger partial charge on any atom is -0.328 e. The Bertz CT molecular complexity index is 575. The van der Waals surface area contributed by atoms with Gasteiger partial charge in [-0.05, 0) is 95.3 Å². The van der Waals surface area contributed by atoms with Crippen molar-refractivity contribution in [3.8, 4) is 0 Å². The molecule has 2 amide bonds. The van der Waals surface area contributed by atoms with Gasteiger partial charge in [0.15, 0.2) is 0 Å². The molecule has 8 nitrogen and oxygen atoms in total. The van der Waals surface area contributed by atoms with Crippen LogP contribution in [0.3, 0.4) is 0 Å². The van der Waals surface area contributed by atoms with Crippen molar-refractivity contribution in [2.45, 2.75) is 95.6 Å². The number of nitrogens with zero attached hydrogens (tertiary/aromatic N) is 2. The lowest BCUT2D eigenvalue weighted by Gasteiger charge is -2.36. The summed E-state index contributed by atoms with van der Waals surface area (Å²) in [6.45, 7) is 3.48. The number of carbonyl (C=O) groups excluding carboxylic acids is 2. The molecular weight excluding hydrogens is 416 g/mol. The molecule has 33 heavy (non-hydrogen) atoms. The fourth-order valence-corrected chi connectivity index (χ4v) is 6.31. The maximum Gasteiger partial charge on any atom is 0.237 e. The lowest BCUT2D eigenvalue weighted by molar-refractivity contribution is -0.132. The van der Waals surface area contributed by atoms with Gasteiger partial charge in [0.25, 0.3) is 0 Å². The Morgan fingerprint density at radius 3 is 1.24 bits per heavy atom. The van der Waals surface area contributed by atoms with Gasteiger partial charge in [0.2, 0.25) is 11.8 Å². The van der Waals surface area contributed by atoms with Gasteiger partial charge in [-0.3, -0.25) is 20.4 Å². The average molecular weight is 463 g/mol. The van der Waals surface area contributed by atoms with Crippen molar-refractivity contribution in [2.75, 3.05) is 26.2 Å². The summed E-state index contributed by atoms with van der Waals surface area (Å²) < 4.78 is 0. The van der Waals surface area contributed by atoms with E-state index in [1.165, 1.54) is 32.1 Å². The van der Waals surface area contributed by atoms with Gasteiger partial charge in [-0.2, -0.15) is 0 Å². The van der Waals surface area contributed by atoms with Crippen molar-refractivity contribution in [3.05, 3.63) is 0 Å². The second-order valence-electron chi connectivity index (χ2n) is 11.3. The molecule has 2 saturated heterocycles. The zero-order valence-corrected chi connectivity index (χ0v) is 20.4. The molecule has 2 saturated carbocycles. The highest BCUT2D eigenvalue weighted by molar-refractivity contribution is 5.78. The molecule has 0 spiro atoms. The van der Waals surface area contributed by atoms with Gasteiger partial charge in [-0.25, -0.2) is 10.0 Å². The first-order chi connectivity index (χ1) is 16.0. The zero-order chi connectivity index (χ0) is 23.2. The molecule has 4 aliphatic rings. The second kappa shape index (κ2) is 12.0. The van der Waals surface area contributed by atoms with E-state index in [4.69, 9.17) is 11.5 Å². The van der Waals surface area contributed by atoms with Gasteiger partial charge >= 0.3 is 0 Å². The number of hydrogen-bond acceptors (Lipinski definition) is 6. The normalized spacial score (nSPS) is 33.5. The van der Waals surface area contributed by atoms with E-state index in [0.29, 0.717) is 0 Å². The molecule has 0 aromatic carbocycles. The number of nitrogens with one attached hydrogen (secondary N) is 2. The molecule has 0 bridgehead atoms. The molecule has 2 heterocycles. The van der Waals surface area contributed by atoms with E-state index >= 15 is 0 Å². The summed E-state index contributed by atoms with van der Waals surface area (Å²) in [5.41, 5.74) is 18.2. The number of rotatable bonds is 6. The second-order valence-corrected chi connectivity index (χ2v) is 11.3. The van der Waals surface area contributed by atoms with Crippen LogP contribution in [0, 0.1) is 23.7 Å². The summed E-state index contributed by atoms with van der Waals surface area (Å²) in [4.78, 5) is 25.3. The third kappa shape index (κ3) is 7.38. The van der Waals surface area contributed by atoms with Crippen LogP contribution in [0.2, 0.25) is 0 Å². The van der Waals surface area contributed by atoms with E-state index in [1.54, 1.807) is 0 Å². The summed E-state index contributed by atoms with van der Waals surface area (Å²) in [5, 5.41) is 4.12. The standard InChI is InChI=1S/C25H46N6O2/c26-22-9-13-30(14-10-22)28-24(32)20-5-1-18(2-6-20)17-19-3-7-21(8-4-19)25(33)29-31-15-11-23(27)12-16-31/h18-23H,1-17,26-27H2,(H,28,32)(H,29,33). The highest BCUT2D eigenvalue weighted by Gasteiger charge is 2.32. The molecule has 2 aliphatic heterocycles. The van der Waals surface area contributed by atoms with Gasteiger partial charge in [-0.1, -0.05) is 0 Å². The molecule has 2 aliphatic carbocycles. The van der Waals surface area contributed by atoms with Crippen molar-refractivity contribution < 1.29 is 9.59 Å². The highest BCUT2D eigenvalue weighted by atomic mass is 16.2. The number of hydrogen-bond donors (Lipinski definition) is 4. The Morgan fingerprint density at radius 1 is 0.576 bits per heavy atom. The fraction of sp³-hybridized carbons (Fsp3) is 0.920. The first kappa shape index (κ1) is 24.9. The Kier molecular flexibility index (Phi) is 9.02. The zero-order valence-electron chi connectivity index (χ0n) is 20.4. The third-order valence-corrected chi connectivity index (χ3v) is 8.72. The van der Waals surface area contributed by atoms with Crippen molar-refractivity contribution in [3.63, 3.8) is 0 Å². The van der Waals surface area contributed by atoms with Crippen LogP contribution in [-0.2, 0) is 9.59 Å².